The quantitative estimate of drug-likeness (QED) is 0.807. The van der Waals surface area contributed by atoms with Crippen LogP contribution in [0.2, 0.25) is 0 Å². The lowest BCUT2D eigenvalue weighted by Crippen LogP contribution is -2.39. The minimum absolute atomic E-state index is 0.0724. The fourth-order valence-corrected chi connectivity index (χ4v) is 2.07. The average molecular weight is 270 g/mol. The number of phenolic OH excluding ortho intramolecular Hbond substituents is 1. The Labute approximate surface area is 113 Å². The largest absolute Gasteiger partial charge is 0.508 e. The third-order valence-electron chi connectivity index (χ3n) is 3.00. The van der Waals surface area contributed by atoms with Gasteiger partial charge in [-0.1, -0.05) is 13.8 Å². The fourth-order valence-electron chi connectivity index (χ4n) is 1.84. The number of aromatic hydroxyl groups is 1. The van der Waals surface area contributed by atoms with Crippen LogP contribution in [0, 0.1) is 12.8 Å². The number of alkyl halides is 1. The fraction of sp³-hybridized carbons (Fsp3) is 0.500. The number of hydrogen-bond acceptors (Lipinski definition) is 2. The number of amides is 1. The van der Waals surface area contributed by atoms with Crippen molar-refractivity contribution in [1.29, 1.82) is 0 Å². The van der Waals surface area contributed by atoms with Gasteiger partial charge in [0.05, 0.1) is 0 Å². The van der Waals surface area contributed by atoms with Gasteiger partial charge in [-0.25, -0.2) is 0 Å². The van der Waals surface area contributed by atoms with Crippen molar-refractivity contribution < 1.29 is 9.90 Å². The molecule has 2 N–H and O–H groups in total. The molecule has 1 aromatic rings. The molecule has 0 aliphatic rings. The molecule has 1 rings (SSSR count). The Kier molecular flexibility index (Phi) is 5.48. The van der Waals surface area contributed by atoms with Crippen LogP contribution in [0.25, 0.3) is 0 Å². The Bertz CT molecular complexity index is 418. The number of aryl methyl sites for hydroxylation is 1. The van der Waals surface area contributed by atoms with E-state index in [-0.39, 0.29) is 17.7 Å². The summed E-state index contributed by atoms with van der Waals surface area (Å²) in [4.78, 5) is 12.1. The molecule has 100 valence electrons. The van der Waals surface area contributed by atoms with Crippen LogP contribution in [0.5, 0.6) is 5.75 Å². The number of phenols is 1. The van der Waals surface area contributed by atoms with Crippen molar-refractivity contribution in [3.8, 4) is 5.75 Å². The van der Waals surface area contributed by atoms with Crippen molar-refractivity contribution in [2.24, 2.45) is 5.92 Å². The topological polar surface area (TPSA) is 49.3 Å². The van der Waals surface area contributed by atoms with Gasteiger partial charge in [-0.15, -0.1) is 11.6 Å². The van der Waals surface area contributed by atoms with Crippen molar-refractivity contribution >= 4 is 17.5 Å². The summed E-state index contributed by atoms with van der Waals surface area (Å²) >= 11 is 5.74. The van der Waals surface area contributed by atoms with E-state index in [1.165, 1.54) is 6.07 Å². The van der Waals surface area contributed by atoms with Crippen LogP contribution in [-0.4, -0.2) is 22.9 Å². The average Bonchev–Trinajstić information content (AvgIpc) is 2.27. The molecule has 4 heteroatoms. The molecule has 0 aromatic heterocycles. The molecule has 1 amide bonds. The third-order valence-corrected chi connectivity index (χ3v) is 3.21. The number of benzene rings is 1. The van der Waals surface area contributed by atoms with E-state index in [2.05, 4.69) is 19.2 Å². The lowest BCUT2D eigenvalue weighted by molar-refractivity contribution is 0.0924. The normalized spacial score (nSPS) is 12.5. The lowest BCUT2D eigenvalue weighted by Gasteiger charge is -2.22. The molecule has 0 aliphatic carbocycles. The molecule has 0 bridgehead atoms. The summed E-state index contributed by atoms with van der Waals surface area (Å²) in [5, 5.41) is 12.3. The summed E-state index contributed by atoms with van der Waals surface area (Å²) in [7, 11) is 0. The maximum absolute atomic E-state index is 12.1. The molecule has 0 saturated heterocycles. The van der Waals surface area contributed by atoms with Crippen molar-refractivity contribution in [3.05, 3.63) is 29.3 Å². The molecule has 3 nitrogen and oxygen atoms in total. The minimum atomic E-state index is -0.115. The predicted molar refractivity (Wildman–Crippen MR) is 74.3 cm³/mol. The van der Waals surface area contributed by atoms with Gasteiger partial charge in [0.15, 0.2) is 0 Å². The first kappa shape index (κ1) is 14.8. The maximum atomic E-state index is 12.1. The van der Waals surface area contributed by atoms with Gasteiger partial charge in [0.2, 0.25) is 0 Å². The van der Waals surface area contributed by atoms with Crippen molar-refractivity contribution in [1.82, 2.24) is 5.32 Å². The number of rotatable bonds is 5. The zero-order valence-corrected chi connectivity index (χ0v) is 11.8. The van der Waals surface area contributed by atoms with Crippen LogP contribution in [-0.2, 0) is 0 Å². The molecule has 0 spiro atoms. The molecule has 1 aromatic carbocycles. The number of carbonyl (C=O) groups is 1. The second-order valence-electron chi connectivity index (χ2n) is 4.80. The Morgan fingerprint density at radius 1 is 1.44 bits per heavy atom. The van der Waals surface area contributed by atoms with Gasteiger partial charge < -0.3 is 10.4 Å². The minimum Gasteiger partial charge on any atom is -0.508 e. The zero-order valence-electron chi connectivity index (χ0n) is 11.0. The summed E-state index contributed by atoms with van der Waals surface area (Å²) in [6.45, 7) is 5.92. The smallest absolute Gasteiger partial charge is 0.251 e. The highest BCUT2D eigenvalue weighted by Crippen LogP contribution is 2.16. The van der Waals surface area contributed by atoms with Crippen LogP contribution in [0.3, 0.4) is 0 Å². The second kappa shape index (κ2) is 6.64. The molecular weight excluding hydrogens is 250 g/mol. The van der Waals surface area contributed by atoms with Crippen LogP contribution in [0.15, 0.2) is 18.2 Å². The first-order valence-corrected chi connectivity index (χ1v) is 6.65. The number of carbonyl (C=O) groups excluding carboxylic acids is 1. The van der Waals surface area contributed by atoms with E-state index in [0.29, 0.717) is 17.4 Å². The Balaban J connectivity index is 2.80. The highest BCUT2D eigenvalue weighted by Gasteiger charge is 2.17. The van der Waals surface area contributed by atoms with Gasteiger partial charge in [0, 0.05) is 17.5 Å². The molecule has 0 radical (unpaired) electrons. The van der Waals surface area contributed by atoms with E-state index < -0.39 is 0 Å². The summed E-state index contributed by atoms with van der Waals surface area (Å²) < 4.78 is 0. The highest BCUT2D eigenvalue weighted by molar-refractivity contribution is 6.17. The summed E-state index contributed by atoms with van der Waals surface area (Å²) in [6, 6.07) is 4.82. The van der Waals surface area contributed by atoms with Gasteiger partial charge in [-0.2, -0.15) is 0 Å². The van der Waals surface area contributed by atoms with Crippen molar-refractivity contribution in [3.63, 3.8) is 0 Å². The third kappa shape index (κ3) is 3.91. The van der Waals surface area contributed by atoms with E-state index in [1.54, 1.807) is 19.1 Å². The standard InChI is InChI=1S/C14H20ClNO2/c1-9(2)13(6-7-15)16-14(18)12-5-4-11(17)8-10(12)3/h4-5,8-9,13,17H,6-7H2,1-3H3,(H,16,18). The Hall–Kier alpha value is -1.22. The summed E-state index contributed by atoms with van der Waals surface area (Å²) in [5.74, 6) is 0.921. The van der Waals surface area contributed by atoms with E-state index in [4.69, 9.17) is 11.6 Å². The summed E-state index contributed by atoms with van der Waals surface area (Å²) in [6.07, 6.45) is 0.752. The maximum Gasteiger partial charge on any atom is 0.251 e. The van der Waals surface area contributed by atoms with Crippen LogP contribution < -0.4 is 5.32 Å². The number of halogens is 1. The van der Waals surface area contributed by atoms with Gasteiger partial charge in [0.25, 0.3) is 5.91 Å². The van der Waals surface area contributed by atoms with Gasteiger partial charge in [-0.05, 0) is 43.0 Å². The van der Waals surface area contributed by atoms with Crippen molar-refractivity contribution in [2.45, 2.75) is 33.2 Å². The molecular formula is C14H20ClNO2. The first-order valence-electron chi connectivity index (χ1n) is 6.12. The van der Waals surface area contributed by atoms with E-state index in [0.717, 1.165) is 12.0 Å². The zero-order chi connectivity index (χ0) is 13.7. The van der Waals surface area contributed by atoms with Gasteiger partial charge >= 0.3 is 0 Å². The van der Waals surface area contributed by atoms with E-state index in [9.17, 15) is 9.90 Å². The molecule has 18 heavy (non-hydrogen) atoms. The monoisotopic (exact) mass is 269 g/mol. The number of hydrogen-bond donors (Lipinski definition) is 2. The molecule has 0 saturated carbocycles. The van der Waals surface area contributed by atoms with Gasteiger partial charge in [0.1, 0.15) is 5.75 Å². The lowest BCUT2D eigenvalue weighted by atomic mass is 10.0. The summed E-state index contributed by atoms with van der Waals surface area (Å²) in [5.41, 5.74) is 1.36. The SMILES string of the molecule is Cc1cc(O)ccc1C(=O)NC(CCCl)C(C)C. The second-order valence-corrected chi connectivity index (χ2v) is 5.18. The first-order chi connectivity index (χ1) is 8.45. The molecule has 1 unspecified atom stereocenters. The predicted octanol–water partition coefficient (Wildman–Crippen LogP) is 3.08. The Morgan fingerprint density at radius 2 is 2.11 bits per heavy atom. The molecule has 0 heterocycles. The highest BCUT2D eigenvalue weighted by atomic mass is 35.5. The van der Waals surface area contributed by atoms with Crippen LogP contribution >= 0.6 is 11.6 Å². The molecule has 0 aliphatic heterocycles. The Morgan fingerprint density at radius 3 is 2.61 bits per heavy atom. The van der Waals surface area contributed by atoms with Crippen LogP contribution in [0.4, 0.5) is 0 Å². The molecule has 1 atom stereocenters. The van der Waals surface area contributed by atoms with Crippen molar-refractivity contribution in [2.75, 3.05) is 5.88 Å². The molecule has 0 fully saturated rings. The van der Waals surface area contributed by atoms with Crippen LogP contribution in [0.1, 0.15) is 36.2 Å². The van der Waals surface area contributed by atoms with Gasteiger partial charge in [-0.3, -0.25) is 4.79 Å². The number of nitrogens with one attached hydrogen (secondary N) is 1. The van der Waals surface area contributed by atoms with E-state index in [1.807, 2.05) is 0 Å². The van der Waals surface area contributed by atoms with E-state index >= 15 is 0 Å².